The summed E-state index contributed by atoms with van der Waals surface area (Å²) in [6.45, 7) is -3.67. The normalized spacial score (nSPS) is 10.9. The van der Waals surface area contributed by atoms with E-state index in [4.69, 9.17) is 16.0 Å². The molecule has 3 heterocycles. The number of hydrogen-bond acceptors (Lipinski definition) is 5. The van der Waals surface area contributed by atoms with Crippen molar-refractivity contribution in [1.82, 2.24) is 25.6 Å². The molecule has 0 unspecified atom stereocenters. The molecule has 10 heteroatoms. The van der Waals surface area contributed by atoms with Crippen molar-refractivity contribution in [2.45, 2.75) is 19.5 Å². The Morgan fingerprint density at radius 2 is 1.78 bits per heavy atom. The van der Waals surface area contributed by atoms with Crippen LogP contribution in [0.15, 0.2) is 47.0 Å². The second-order valence-electron chi connectivity index (χ2n) is 5.45. The topological polar surface area (TPSA) is 80.5 Å². The van der Waals surface area contributed by atoms with Crippen LogP contribution in [-0.4, -0.2) is 32.3 Å². The molecule has 0 atom stereocenters. The average Bonchev–Trinajstić information content (AvgIpc) is 3.29. The van der Waals surface area contributed by atoms with E-state index in [-0.39, 0.29) is 0 Å². The van der Waals surface area contributed by atoms with Crippen LogP contribution >= 0.6 is 11.6 Å². The molecule has 0 aliphatic carbocycles. The number of benzene rings is 1. The molecule has 0 radical (unpaired) electrons. The molecule has 0 saturated heterocycles. The largest absolute Gasteiger partial charge is 0.453 e. The number of halogens is 4. The van der Waals surface area contributed by atoms with E-state index in [1.165, 1.54) is 5.56 Å². The molecule has 0 aliphatic rings. The number of aromatic amines is 1. The summed E-state index contributed by atoms with van der Waals surface area (Å²) in [5.74, 6) is 1.06. The summed E-state index contributed by atoms with van der Waals surface area (Å²) in [6.07, 6.45) is 3.60. The Labute approximate surface area is 156 Å². The van der Waals surface area contributed by atoms with E-state index in [1.807, 2.05) is 36.5 Å². The average molecular weight is 396 g/mol. The van der Waals surface area contributed by atoms with Gasteiger partial charge >= 0.3 is 6.68 Å². The van der Waals surface area contributed by atoms with Gasteiger partial charge < -0.3 is 4.42 Å². The van der Waals surface area contributed by atoms with Crippen LogP contribution in [0.2, 0.25) is 5.15 Å². The number of H-pyrrole nitrogens is 1. The van der Waals surface area contributed by atoms with Crippen LogP contribution in [0.25, 0.3) is 22.6 Å². The lowest BCUT2D eigenvalue weighted by molar-refractivity contribution is 0.00819. The van der Waals surface area contributed by atoms with E-state index >= 15 is 0 Å². The van der Waals surface area contributed by atoms with Crippen molar-refractivity contribution in [1.29, 1.82) is 0 Å². The third kappa shape index (κ3) is 5.27. The standard InChI is InChI=1S/C16H12ClN5O.CHF3/c17-15-6-4-11(9-18-15)2-1-10-3-5-12-8-14(23-13(12)7-10)16-19-21-22-20-16;2-1(3)4/h3-9H,1-2H2,(H,19,20,21,22);1H. The van der Waals surface area contributed by atoms with E-state index < -0.39 is 6.68 Å². The van der Waals surface area contributed by atoms with E-state index in [0.29, 0.717) is 16.7 Å². The van der Waals surface area contributed by atoms with Gasteiger partial charge in [-0.3, -0.25) is 0 Å². The number of tetrazole rings is 1. The van der Waals surface area contributed by atoms with E-state index in [1.54, 1.807) is 0 Å². The summed E-state index contributed by atoms with van der Waals surface area (Å²) in [5.41, 5.74) is 3.17. The van der Waals surface area contributed by atoms with E-state index in [2.05, 4.69) is 31.7 Å². The Bertz CT molecular complexity index is 987. The summed E-state index contributed by atoms with van der Waals surface area (Å²) in [6, 6.07) is 11.9. The number of hydrogen-bond donors (Lipinski definition) is 1. The molecule has 27 heavy (non-hydrogen) atoms. The fourth-order valence-corrected chi connectivity index (χ4v) is 2.56. The van der Waals surface area contributed by atoms with E-state index in [9.17, 15) is 13.2 Å². The first-order valence-corrected chi connectivity index (χ1v) is 8.18. The van der Waals surface area contributed by atoms with Gasteiger partial charge in [0.25, 0.3) is 0 Å². The van der Waals surface area contributed by atoms with Crippen LogP contribution in [0.3, 0.4) is 0 Å². The summed E-state index contributed by atoms with van der Waals surface area (Å²) in [4.78, 5) is 4.10. The van der Waals surface area contributed by atoms with Gasteiger partial charge in [-0.05, 0) is 47.4 Å². The number of pyridine rings is 1. The molecule has 3 aromatic heterocycles. The second-order valence-corrected chi connectivity index (χ2v) is 5.84. The quantitative estimate of drug-likeness (QED) is 0.510. The third-order valence-corrected chi connectivity index (χ3v) is 3.86. The SMILES string of the molecule is Clc1ccc(CCc2ccc3cc(-c4nn[nH]n4)oc3c2)cn1.FC(F)F. The molecule has 0 fully saturated rings. The molecule has 0 spiro atoms. The Morgan fingerprint density at radius 1 is 1.04 bits per heavy atom. The van der Waals surface area contributed by atoms with Gasteiger partial charge in [-0.1, -0.05) is 29.8 Å². The molecule has 4 aromatic rings. The highest BCUT2D eigenvalue weighted by Gasteiger charge is 2.10. The Kier molecular flexibility index (Phi) is 6.02. The highest BCUT2D eigenvalue weighted by molar-refractivity contribution is 6.29. The van der Waals surface area contributed by atoms with Crippen molar-refractivity contribution >= 4 is 22.6 Å². The highest BCUT2D eigenvalue weighted by Crippen LogP contribution is 2.26. The molecule has 140 valence electrons. The number of rotatable bonds is 4. The minimum Gasteiger partial charge on any atom is -0.453 e. The number of alkyl halides is 3. The first-order chi connectivity index (χ1) is 13.0. The summed E-state index contributed by atoms with van der Waals surface area (Å²) < 4.78 is 34.8. The van der Waals surface area contributed by atoms with Crippen LogP contribution in [0.5, 0.6) is 0 Å². The zero-order chi connectivity index (χ0) is 19.2. The number of nitrogens with zero attached hydrogens (tertiary/aromatic N) is 4. The number of aryl methyl sites for hydroxylation is 2. The van der Waals surface area contributed by atoms with Crippen molar-refractivity contribution in [3.05, 3.63) is 58.9 Å². The first kappa shape index (κ1) is 18.8. The molecule has 0 bridgehead atoms. The zero-order valence-corrected chi connectivity index (χ0v) is 14.5. The molecule has 1 aromatic carbocycles. The summed E-state index contributed by atoms with van der Waals surface area (Å²) in [7, 11) is 0. The van der Waals surface area contributed by atoms with Gasteiger partial charge in [0, 0.05) is 11.6 Å². The second kappa shape index (κ2) is 8.63. The number of aromatic nitrogens is 5. The van der Waals surface area contributed by atoms with Gasteiger partial charge in [0.2, 0.25) is 5.82 Å². The molecule has 6 nitrogen and oxygen atoms in total. The van der Waals surface area contributed by atoms with Gasteiger partial charge in [0.1, 0.15) is 10.7 Å². The minimum atomic E-state index is -3.67. The van der Waals surface area contributed by atoms with Gasteiger partial charge in [0.05, 0.1) is 0 Å². The molecule has 0 amide bonds. The lowest BCUT2D eigenvalue weighted by Crippen LogP contribution is -1.92. The lowest BCUT2D eigenvalue weighted by Gasteiger charge is -2.02. The van der Waals surface area contributed by atoms with Crippen LogP contribution < -0.4 is 0 Å². The number of fused-ring (bicyclic) bond motifs is 1. The van der Waals surface area contributed by atoms with Crippen molar-refractivity contribution in [3.8, 4) is 11.6 Å². The smallest absolute Gasteiger partial charge is 0.379 e. The lowest BCUT2D eigenvalue weighted by atomic mass is 10.0. The fourth-order valence-electron chi connectivity index (χ4n) is 2.45. The summed E-state index contributed by atoms with van der Waals surface area (Å²) in [5, 5.41) is 15.4. The highest BCUT2D eigenvalue weighted by atomic mass is 35.5. The first-order valence-electron chi connectivity index (χ1n) is 7.80. The predicted molar refractivity (Wildman–Crippen MR) is 93.2 cm³/mol. The fraction of sp³-hybridized carbons (Fsp3) is 0.176. The van der Waals surface area contributed by atoms with Crippen LogP contribution in [0, 0.1) is 0 Å². The van der Waals surface area contributed by atoms with E-state index in [0.717, 1.165) is 29.4 Å². The Balaban J connectivity index is 0.000000481. The Morgan fingerprint density at radius 3 is 2.44 bits per heavy atom. The number of nitrogens with one attached hydrogen (secondary N) is 1. The summed E-state index contributed by atoms with van der Waals surface area (Å²) >= 11 is 5.80. The maximum atomic E-state index is 9.67. The molecule has 0 aliphatic heterocycles. The van der Waals surface area contributed by atoms with Gasteiger partial charge in [-0.15, -0.1) is 10.2 Å². The molecular weight excluding hydrogens is 383 g/mol. The minimum absolute atomic E-state index is 0.454. The monoisotopic (exact) mass is 395 g/mol. The number of furan rings is 1. The third-order valence-electron chi connectivity index (χ3n) is 3.64. The van der Waals surface area contributed by atoms with Crippen molar-refractivity contribution in [2.24, 2.45) is 0 Å². The van der Waals surface area contributed by atoms with Crippen molar-refractivity contribution in [3.63, 3.8) is 0 Å². The van der Waals surface area contributed by atoms with Crippen LogP contribution in [-0.2, 0) is 12.8 Å². The van der Waals surface area contributed by atoms with Crippen molar-refractivity contribution in [2.75, 3.05) is 0 Å². The van der Waals surface area contributed by atoms with Gasteiger partial charge in [-0.25, -0.2) is 4.98 Å². The van der Waals surface area contributed by atoms with Crippen LogP contribution in [0.4, 0.5) is 13.2 Å². The molecule has 0 saturated carbocycles. The maximum absolute atomic E-state index is 9.67. The molecular formula is C17H13ClF3N5O. The van der Waals surface area contributed by atoms with Crippen LogP contribution in [0.1, 0.15) is 11.1 Å². The molecule has 1 N–H and O–H groups in total. The Hall–Kier alpha value is -2.94. The van der Waals surface area contributed by atoms with Gasteiger partial charge in [0.15, 0.2) is 5.76 Å². The molecule has 4 rings (SSSR count). The zero-order valence-electron chi connectivity index (χ0n) is 13.7. The maximum Gasteiger partial charge on any atom is 0.379 e. The van der Waals surface area contributed by atoms with Crippen molar-refractivity contribution < 1.29 is 17.6 Å². The predicted octanol–water partition coefficient (Wildman–Crippen LogP) is 4.63. The van der Waals surface area contributed by atoms with Gasteiger partial charge in [-0.2, -0.15) is 18.4 Å².